The Morgan fingerprint density at radius 3 is 2.95 bits per heavy atom. The Balaban J connectivity index is 2.15. The fourth-order valence-electron chi connectivity index (χ4n) is 2.69. The predicted molar refractivity (Wildman–Crippen MR) is 90.1 cm³/mol. The Kier molecular flexibility index (Phi) is 5.31. The van der Waals surface area contributed by atoms with Gasteiger partial charge >= 0.3 is 0 Å². The van der Waals surface area contributed by atoms with Gasteiger partial charge in [0.25, 0.3) is 0 Å². The van der Waals surface area contributed by atoms with Crippen molar-refractivity contribution in [2.75, 3.05) is 32.1 Å². The first-order chi connectivity index (χ1) is 8.99. The van der Waals surface area contributed by atoms with Crippen molar-refractivity contribution in [3.63, 3.8) is 0 Å². The first-order valence-electron chi connectivity index (χ1n) is 6.71. The second kappa shape index (κ2) is 6.59. The Hall–Kier alpha value is -0.0700. The van der Waals surface area contributed by atoms with Gasteiger partial charge in [0.15, 0.2) is 0 Å². The lowest BCUT2D eigenvalue weighted by molar-refractivity contribution is 0.205. The van der Waals surface area contributed by atoms with E-state index in [2.05, 4.69) is 58.4 Å². The van der Waals surface area contributed by atoms with Crippen LogP contribution in [-0.4, -0.2) is 43.1 Å². The molecule has 1 fully saturated rings. The topological polar surface area (TPSA) is 19.4 Å². The Morgan fingerprint density at radius 2 is 2.26 bits per heavy atom. The van der Waals surface area contributed by atoms with E-state index in [-0.39, 0.29) is 0 Å². The van der Waals surface area contributed by atoms with Crippen molar-refractivity contribution >= 4 is 39.9 Å². The monoisotopic (exact) mass is 393 g/mol. The number of halogens is 2. The Labute approximate surface area is 134 Å². The first kappa shape index (κ1) is 15.3. The van der Waals surface area contributed by atoms with Gasteiger partial charge in [0.05, 0.1) is 9.26 Å². The number of piperidine rings is 1. The molecular formula is C14H21ClIN3. The van der Waals surface area contributed by atoms with Gasteiger partial charge in [0.2, 0.25) is 0 Å². The van der Waals surface area contributed by atoms with Crippen LogP contribution in [0.25, 0.3) is 0 Å². The summed E-state index contributed by atoms with van der Waals surface area (Å²) in [5, 5.41) is 0.582. The molecule has 1 aliphatic heterocycles. The molecule has 0 bridgehead atoms. The van der Waals surface area contributed by atoms with Crippen molar-refractivity contribution in [3.8, 4) is 0 Å². The smallest absolute Gasteiger partial charge is 0.131 e. The number of aromatic nitrogens is 1. The van der Waals surface area contributed by atoms with E-state index in [9.17, 15) is 0 Å². The fraction of sp³-hybridized carbons (Fsp3) is 0.643. The molecule has 2 rings (SSSR count). The second-order valence-corrected chi connectivity index (χ2v) is 7.06. The zero-order valence-corrected chi connectivity index (χ0v) is 14.6. The van der Waals surface area contributed by atoms with E-state index >= 15 is 0 Å². The van der Waals surface area contributed by atoms with Crippen molar-refractivity contribution in [2.24, 2.45) is 5.92 Å². The second-order valence-electron chi connectivity index (χ2n) is 5.51. The molecule has 0 saturated carbocycles. The van der Waals surface area contributed by atoms with E-state index < -0.39 is 0 Å². The van der Waals surface area contributed by atoms with Gasteiger partial charge in [0.1, 0.15) is 5.15 Å². The third kappa shape index (κ3) is 3.73. The van der Waals surface area contributed by atoms with Crippen LogP contribution in [0.3, 0.4) is 0 Å². The highest BCUT2D eigenvalue weighted by Gasteiger charge is 2.26. The standard InChI is InChI=1S/C14H21ClIN3/c1-10(18(2)3)11-5-4-6-19(9-11)13-7-14(15)17-8-12(13)16/h7-8,10-11H,4-6,9H2,1-3H3. The highest BCUT2D eigenvalue weighted by molar-refractivity contribution is 14.1. The maximum atomic E-state index is 6.04. The van der Waals surface area contributed by atoms with Gasteiger partial charge in [-0.25, -0.2) is 4.98 Å². The molecule has 19 heavy (non-hydrogen) atoms. The molecule has 2 heterocycles. The summed E-state index contributed by atoms with van der Waals surface area (Å²) in [6.45, 7) is 4.54. The molecule has 2 unspecified atom stereocenters. The normalized spacial score (nSPS) is 21.8. The number of anilines is 1. The van der Waals surface area contributed by atoms with Crippen LogP contribution in [0.15, 0.2) is 12.3 Å². The van der Waals surface area contributed by atoms with Gasteiger partial charge in [0, 0.05) is 25.3 Å². The lowest BCUT2D eigenvalue weighted by atomic mass is 9.91. The maximum absolute atomic E-state index is 6.04. The summed E-state index contributed by atoms with van der Waals surface area (Å²) in [4.78, 5) is 8.92. The largest absolute Gasteiger partial charge is 0.370 e. The lowest BCUT2D eigenvalue weighted by Gasteiger charge is -2.39. The first-order valence-corrected chi connectivity index (χ1v) is 8.17. The third-order valence-electron chi connectivity index (χ3n) is 4.10. The molecule has 0 N–H and O–H groups in total. The number of hydrogen-bond donors (Lipinski definition) is 0. The van der Waals surface area contributed by atoms with Crippen LogP contribution in [0.1, 0.15) is 19.8 Å². The molecule has 0 spiro atoms. The molecular weight excluding hydrogens is 373 g/mol. The molecule has 0 amide bonds. The van der Waals surface area contributed by atoms with Crippen LogP contribution < -0.4 is 4.90 Å². The summed E-state index contributed by atoms with van der Waals surface area (Å²) in [6, 6.07) is 2.60. The van der Waals surface area contributed by atoms with Crippen LogP contribution >= 0.6 is 34.2 Å². The van der Waals surface area contributed by atoms with E-state index in [1.54, 1.807) is 0 Å². The van der Waals surface area contributed by atoms with Crippen molar-refractivity contribution < 1.29 is 0 Å². The van der Waals surface area contributed by atoms with E-state index in [0.717, 1.165) is 13.1 Å². The summed E-state index contributed by atoms with van der Waals surface area (Å²) in [5.74, 6) is 0.714. The molecule has 5 heteroatoms. The number of pyridine rings is 1. The summed E-state index contributed by atoms with van der Waals surface area (Å²) in [7, 11) is 4.33. The maximum Gasteiger partial charge on any atom is 0.131 e. The lowest BCUT2D eigenvalue weighted by Crippen LogP contribution is -2.44. The quantitative estimate of drug-likeness (QED) is 0.579. The average molecular weight is 394 g/mol. The SMILES string of the molecule is CC(C1CCCN(c2cc(Cl)ncc2I)C1)N(C)C. The van der Waals surface area contributed by atoms with Gasteiger partial charge < -0.3 is 9.80 Å². The van der Waals surface area contributed by atoms with E-state index in [1.165, 1.54) is 22.1 Å². The van der Waals surface area contributed by atoms with Crippen molar-refractivity contribution in [1.82, 2.24) is 9.88 Å². The summed E-state index contributed by atoms with van der Waals surface area (Å²) in [5.41, 5.74) is 1.23. The zero-order valence-electron chi connectivity index (χ0n) is 11.7. The Bertz CT molecular complexity index is 439. The van der Waals surface area contributed by atoms with Gasteiger partial charge in [-0.05, 0) is 68.4 Å². The molecule has 0 radical (unpaired) electrons. The highest BCUT2D eigenvalue weighted by Crippen LogP contribution is 2.30. The summed E-state index contributed by atoms with van der Waals surface area (Å²) >= 11 is 8.38. The minimum atomic E-state index is 0.582. The van der Waals surface area contributed by atoms with E-state index in [0.29, 0.717) is 17.1 Å². The molecule has 1 saturated heterocycles. The fourth-order valence-corrected chi connectivity index (χ4v) is 3.48. The molecule has 1 aromatic rings. The molecule has 106 valence electrons. The minimum absolute atomic E-state index is 0.582. The average Bonchev–Trinajstić information content (AvgIpc) is 2.40. The van der Waals surface area contributed by atoms with Gasteiger partial charge in [-0.15, -0.1) is 0 Å². The van der Waals surface area contributed by atoms with Crippen molar-refractivity contribution in [1.29, 1.82) is 0 Å². The van der Waals surface area contributed by atoms with Gasteiger partial charge in [-0.3, -0.25) is 0 Å². The third-order valence-corrected chi connectivity index (χ3v) is 5.13. The van der Waals surface area contributed by atoms with Crippen molar-refractivity contribution in [3.05, 3.63) is 21.0 Å². The number of nitrogens with zero attached hydrogens (tertiary/aromatic N) is 3. The molecule has 0 aromatic carbocycles. The van der Waals surface area contributed by atoms with Crippen LogP contribution in [0.4, 0.5) is 5.69 Å². The minimum Gasteiger partial charge on any atom is -0.370 e. The molecule has 0 aliphatic carbocycles. The summed E-state index contributed by atoms with van der Waals surface area (Å²) in [6.07, 6.45) is 4.42. The Morgan fingerprint density at radius 1 is 1.53 bits per heavy atom. The molecule has 1 aliphatic rings. The molecule has 3 nitrogen and oxygen atoms in total. The number of hydrogen-bond acceptors (Lipinski definition) is 3. The van der Waals surface area contributed by atoms with Gasteiger partial charge in [-0.1, -0.05) is 11.6 Å². The predicted octanol–water partition coefficient (Wildman–Crippen LogP) is 3.51. The van der Waals surface area contributed by atoms with Crippen LogP contribution in [0, 0.1) is 9.49 Å². The van der Waals surface area contributed by atoms with Crippen LogP contribution in [0.5, 0.6) is 0 Å². The van der Waals surface area contributed by atoms with Crippen LogP contribution in [0.2, 0.25) is 5.15 Å². The van der Waals surface area contributed by atoms with Gasteiger partial charge in [-0.2, -0.15) is 0 Å². The summed E-state index contributed by atoms with van der Waals surface area (Å²) < 4.78 is 1.18. The molecule has 1 aromatic heterocycles. The molecule has 2 atom stereocenters. The van der Waals surface area contributed by atoms with E-state index in [1.807, 2.05) is 12.3 Å². The zero-order chi connectivity index (χ0) is 14.0. The van der Waals surface area contributed by atoms with Crippen LogP contribution in [-0.2, 0) is 0 Å². The van der Waals surface area contributed by atoms with E-state index in [4.69, 9.17) is 11.6 Å². The highest BCUT2D eigenvalue weighted by atomic mass is 127. The number of rotatable bonds is 3. The van der Waals surface area contributed by atoms with Crippen molar-refractivity contribution in [2.45, 2.75) is 25.8 Å².